The molecular weight excluding hydrogens is 303 g/mol. The molecule has 1 atom stereocenters. The molecule has 7 heteroatoms. The monoisotopic (exact) mass is 318 g/mol. The van der Waals surface area contributed by atoms with Gasteiger partial charge in [0, 0.05) is 12.7 Å². The van der Waals surface area contributed by atoms with E-state index in [0.717, 1.165) is 23.8 Å². The highest BCUT2D eigenvalue weighted by atomic mass is 19.1. The van der Waals surface area contributed by atoms with Gasteiger partial charge >= 0.3 is 0 Å². The third-order valence-electron chi connectivity index (χ3n) is 3.32. The van der Waals surface area contributed by atoms with Crippen molar-refractivity contribution in [1.29, 1.82) is 0 Å². The number of aliphatic hydroxyl groups is 1. The molecule has 2 aromatic carbocycles. The van der Waals surface area contributed by atoms with Gasteiger partial charge in [0.2, 0.25) is 0 Å². The average molecular weight is 318 g/mol. The summed E-state index contributed by atoms with van der Waals surface area (Å²) in [5.74, 6) is -1.50. The van der Waals surface area contributed by atoms with Gasteiger partial charge in [-0.05, 0) is 24.1 Å². The molecule has 2 rings (SSSR count). The lowest BCUT2D eigenvalue weighted by Gasteiger charge is -2.18. The number of halogens is 1. The van der Waals surface area contributed by atoms with Crippen LogP contribution in [0, 0.1) is 15.9 Å². The van der Waals surface area contributed by atoms with Crippen LogP contribution in [0.4, 0.5) is 10.1 Å². The van der Waals surface area contributed by atoms with Crippen molar-refractivity contribution in [2.45, 2.75) is 12.5 Å². The van der Waals surface area contributed by atoms with E-state index < -0.39 is 28.4 Å². The Kier molecular flexibility index (Phi) is 5.37. The van der Waals surface area contributed by atoms with Crippen LogP contribution in [0.25, 0.3) is 0 Å². The molecule has 120 valence electrons. The van der Waals surface area contributed by atoms with Gasteiger partial charge in [-0.15, -0.1) is 0 Å². The fourth-order valence-corrected chi connectivity index (χ4v) is 2.22. The molecule has 0 aliphatic heterocycles. The summed E-state index contributed by atoms with van der Waals surface area (Å²) in [4.78, 5) is 22.6. The van der Waals surface area contributed by atoms with Crippen LogP contribution in [-0.2, 0) is 0 Å². The van der Waals surface area contributed by atoms with Gasteiger partial charge in [0.05, 0.1) is 11.0 Å². The number of nitrogens with one attached hydrogen (secondary N) is 1. The highest BCUT2D eigenvalue weighted by Gasteiger charge is 2.23. The summed E-state index contributed by atoms with van der Waals surface area (Å²) in [6.07, 6.45) is 0.235. The molecule has 0 bridgehead atoms. The van der Waals surface area contributed by atoms with Crippen LogP contribution >= 0.6 is 0 Å². The minimum atomic E-state index is -0.765. The molecule has 1 unspecified atom stereocenters. The Bertz CT molecular complexity index is 706. The molecule has 0 heterocycles. The van der Waals surface area contributed by atoms with E-state index in [1.807, 2.05) is 0 Å². The lowest BCUT2D eigenvalue weighted by atomic mass is 10.0. The van der Waals surface area contributed by atoms with Crippen LogP contribution in [0.5, 0.6) is 0 Å². The summed E-state index contributed by atoms with van der Waals surface area (Å²) >= 11 is 0. The third kappa shape index (κ3) is 4.10. The van der Waals surface area contributed by atoms with Crippen molar-refractivity contribution in [3.05, 3.63) is 75.6 Å². The topological polar surface area (TPSA) is 92.5 Å². The molecule has 2 aromatic rings. The van der Waals surface area contributed by atoms with Crippen molar-refractivity contribution < 1.29 is 19.2 Å². The van der Waals surface area contributed by atoms with Gasteiger partial charge in [0.25, 0.3) is 11.6 Å². The molecule has 0 spiro atoms. The van der Waals surface area contributed by atoms with Gasteiger partial charge in [-0.1, -0.05) is 30.3 Å². The number of nitro benzene ring substituents is 1. The second kappa shape index (κ2) is 7.46. The first kappa shape index (κ1) is 16.6. The summed E-state index contributed by atoms with van der Waals surface area (Å²) in [6.45, 7) is -0.176. The van der Waals surface area contributed by atoms with Crippen molar-refractivity contribution in [2.75, 3.05) is 6.61 Å². The molecule has 0 saturated carbocycles. The van der Waals surface area contributed by atoms with Crippen molar-refractivity contribution in [3.63, 3.8) is 0 Å². The molecule has 0 aliphatic carbocycles. The van der Waals surface area contributed by atoms with Gasteiger partial charge in [-0.2, -0.15) is 0 Å². The molecule has 0 aromatic heterocycles. The predicted octanol–water partition coefficient (Wildman–Crippen LogP) is 2.59. The molecular formula is C16H15FN2O4. The fraction of sp³-hybridized carbons (Fsp3) is 0.188. The molecule has 1 amide bonds. The Labute approximate surface area is 131 Å². The number of benzene rings is 2. The Morgan fingerprint density at radius 1 is 1.26 bits per heavy atom. The van der Waals surface area contributed by atoms with Crippen LogP contribution in [-0.4, -0.2) is 22.5 Å². The first-order valence-corrected chi connectivity index (χ1v) is 6.93. The number of rotatable bonds is 6. The summed E-state index contributed by atoms with van der Waals surface area (Å²) in [5.41, 5.74) is -0.0810. The Balaban J connectivity index is 2.29. The normalized spacial score (nSPS) is 11.7. The van der Waals surface area contributed by atoms with Crippen LogP contribution < -0.4 is 5.32 Å². The minimum Gasteiger partial charge on any atom is -0.396 e. The quantitative estimate of drug-likeness (QED) is 0.632. The van der Waals surface area contributed by atoms with E-state index in [1.54, 1.807) is 30.3 Å². The summed E-state index contributed by atoms with van der Waals surface area (Å²) in [6, 6.07) is 11.1. The fourth-order valence-electron chi connectivity index (χ4n) is 2.22. The number of carbonyl (C=O) groups is 1. The van der Waals surface area contributed by atoms with Crippen molar-refractivity contribution >= 4 is 11.6 Å². The van der Waals surface area contributed by atoms with Gasteiger partial charge in [0.15, 0.2) is 0 Å². The van der Waals surface area contributed by atoms with Crippen LogP contribution in [0.2, 0.25) is 0 Å². The number of nitrogens with zero attached hydrogens (tertiary/aromatic N) is 1. The van der Waals surface area contributed by atoms with E-state index in [1.165, 1.54) is 0 Å². The van der Waals surface area contributed by atoms with E-state index in [-0.39, 0.29) is 18.6 Å². The van der Waals surface area contributed by atoms with E-state index in [2.05, 4.69) is 5.32 Å². The largest absolute Gasteiger partial charge is 0.396 e. The predicted molar refractivity (Wildman–Crippen MR) is 81.4 cm³/mol. The van der Waals surface area contributed by atoms with Crippen molar-refractivity contribution in [2.24, 2.45) is 0 Å². The van der Waals surface area contributed by atoms with Gasteiger partial charge in [-0.25, -0.2) is 4.39 Å². The minimum absolute atomic E-state index is 0.176. The molecule has 0 fully saturated rings. The standard InChI is InChI=1S/C16H15FN2O4/c17-12-6-7-15(19(22)23)13(10-12)16(21)18-14(8-9-20)11-4-2-1-3-5-11/h1-7,10,14,20H,8-9H2,(H,18,21). The van der Waals surface area contributed by atoms with Gasteiger partial charge in [-0.3, -0.25) is 14.9 Å². The second-order valence-corrected chi connectivity index (χ2v) is 4.87. The van der Waals surface area contributed by atoms with Crippen LogP contribution in [0.1, 0.15) is 28.4 Å². The highest BCUT2D eigenvalue weighted by molar-refractivity contribution is 5.98. The van der Waals surface area contributed by atoms with E-state index in [9.17, 15) is 19.3 Å². The molecule has 23 heavy (non-hydrogen) atoms. The zero-order valence-electron chi connectivity index (χ0n) is 12.1. The zero-order valence-corrected chi connectivity index (χ0v) is 12.1. The Morgan fingerprint density at radius 3 is 2.57 bits per heavy atom. The SMILES string of the molecule is O=C(NC(CCO)c1ccccc1)c1cc(F)ccc1[N+](=O)[O-]. The average Bonchev–Trinajstić information content (AvgIpc) is 2.54. The molecule has 0 aliphatic rings. The molecule has 6 nitrogen and oxygen atoms in total. The number of hydrogen-bond acceptors (Lipinski definition) is 4. The Hall–Kier alpha value is -2.80. The van der Waals surface area contributed by atoms with Gasteiger partial charge < -0.3 is 10.4 Å². The smallest absolute Gasteiger partial charge is 0.282 e. The van der Waals surface area contributed by atoms with Crippen molar-refractivity contribution in [1.82, 2.24) is 5.32 Å². The molecule has 0 radical (unpaired) electrons. The number of aliphatic hydroxyl groups excluding tert-OH is 1. The summed E-state index contributed by atoms with van der Waals surface area (Å²) < 4.78 is 13.3. The lowest BCUT2D eigenvalue weighted by Crippen LogP contribution is -2.29. The number of carbonyl (C=O) groups excluding carboxylic acids is 1. The van der Waals surface area contributed by atoms with E-state index >= 15 is 0 Å². The van der Waals surface area contributed by atoms with Crippen LogP contribution in [0.3, 0.4) is 0 Å². The molecule has 0 saturated heterocycles. The third-order valence-corrected chi connectivity index (χ3v) is 3.32. The maximum atomic E-state index is 13.3. The van der Waals surface area contributed by atoms with Crippen molar-refractivity contribution in [3.8, 4) is 0 Å². The first-order valence-electron chi connectivity index (χ1n) is 6.93. The van der Waals surface area contributed by atoms with E-state index in [0.29, 0.717) is 0 Å². The summed E-state index contributed by atoms with van der Waals surface area (Å²) in [7, 11) is 0. The first-order chi connectivity index (χ1) is 11.0. The summed E-state index contributed by atoms with van der Waals surface area (Å²) in [5, 5.41) is 22.7. The number of amides is 1. The van der Waals surface area contributed by atoms with E-state index in [4.69, 9.17) is 5.11 Å². The van der Waals surface area contributed by atoms with Crippen LogP contribution in [0.15, 0.2) is 48.5 Å². The lowest BCUT2D eigenvalue weighted by molar-refractivity contribution is -0.385. The van der Waals surface area contributed by atoms with Gasteiger partial charge in [0.1, 0.15) is 11.4 Å². The number of nitro groups is 1. The number of hydrogen-bond donors (Lipinski definition) is 2. The maximum Gasteiger partial charge on any atom is 0.282 e. The second-order valence-electron chi connectivity index (χ2n) is 4.87. The highest BCUT2D eigenvalue weighted by Crippen LogP contribution is 2.22. The molecule has 2 N–H and O–H groups in total. The zero-order chi connectivity index (χ0) is 16.8. The Morgan fingerprint density at radius 2 is 1.96 bits per heavy atom. The maximum absolute atomic E-state index is 13.3.